The Balaban J connectivity index is 0.00000113. The summed E-state index contributed by atoms with van der Waals surface area (Å²) in [5.41, 5.74) is 3.63. The van der Waals surface area contributed by atoms with E-state index in [-0.39, 0.29) is 37.9 Å². The molecule has 6 atom stereocenters. The number of esters is 1. The maximum Gasteiger partial charge on any atom is 0.334 e. The second kappa shape index (κ2) is 18.2. The maximum atomic E-state index is 12.0. The minimum Gasteiger partial charge on any atom is -0.508 e. The van der Waals surface area contributed by atoms with Crippen molar-refractivity contribution in [2.75, 3.05) is 6.61 Å². The SMILES string of the molecule is C=O.C=O.C=O.C[C@]12CCC3c4ccc(O)cc4CC(CCCCCCOC(=O)C4=CC=CC4)C3C1CC[C@@H]2O.[Re]. The summed E-state index contributed by atoms with van der Waals surface area (Å²) < 4.78 is 5.42. The first-order chi connectivity index (χ1) is 19.5. The zero-order chi connectivity index (χ0) is 29.7. The summed E-state index contributed by atoms with van der Waals surface area (Å²) in [5, 5.41) is 20.9. The Bertz CT molecular complexity index is 1020. The number of fused-ring (bicyclic) bond motifs is 5. The largest absolute Gasteiger partial charge is 0.508 e. The van der Waals surface area contributed by atoms with E-state index in [1.807, 2.05) is 50.7 Å². The Morgan fingerprint density at radius 3 is 2.41 bits per heavy atom. The molecule has 0 heterocycles. The molecule has 4 unspecified atom stereocenters. The van der Waals surface area contributed by atoms with Crippen molar-refractivity contribution < 1.29 is 54.6 Å². The molecule has 0 bridgehead atoms. The molecule has 41 heavy (non-hydrogen) atoms. The summed E-state index contributed by atoms with van der Waals surface area (Å²) in [4.78, 5) is 36.0. The number of hydrogen-bond donors (Lipinski definition) is 2. The number of allylic oxidation sites excluding steroid dienone is 3. The van der Waals surface area contributed by atoms with Crippen LogP contribution in [0.2, 0.25) is 0 Å². The first kappa shape index (κ1) is 36.6. The molecule has 0 saturated heterocycles. The Kier molecular flexibility index (Phi) is 16.3. The van der Waals surface area contributed by atoms with Gasteiger partial charge in [-0.3, -0.25) is 0 Å². The van der Waals surface area contributed by atoms with Gasteiger partial charge in [0.15, 0.2) is 0 Å². The summed E-state index contributed by atoms with van der Waals surface area (Å²) in [5.74, 6) is 2.64. The van der Waals surface area contributed by atoms with Crippen LogP contribution in [0.4, 0.5) is 0 Å². The van der Waals surface area contributed by atoms with E-state index in [4.69, 9.17) is 19.1 Å². The summed E-state index contributed by atoms with van der Waals surface area (Å²) in [6.45, 7) is 8.85. The maximum absolute atomic E-state index is 12.0. The Hall–Kier alpha value is -2.40. The zero-order valence-electron chi connectivity index (χ0n) is 24.3. The van der Waals surface area contributed by atoms with E-state index in [0.717, 1.165) is 56.9 Å². The molecule has 4 aliphatic carbocycles. The van der Waals surface area contributed by atoms with Gasteiger partial charge in [-0.25, -0.2) is 4.79 Å². The van der Waals surface area contributed by atoms with Gasteiger partial charge in [0, 0.05) is 26.0 Å². The molecule has 5 rings (SSSR count). The topological polar surface area (TPSA) is 118 Å². The smallest absolute Gasteiger partial charge is 0.334 e. The van der Waals surface area contributed by atoms with Crippen molar-refractivity contribution in [3.63, 3.8) is 0 Å². The van der Waals surface area contributed by atoms with Gasteiger partial charge in [-0.05, 0) is 104 Å². The minimum absolute atomic E-state index is 0. The van der Waals surface area contributed by atoms with Gasteiger partial charge in [0.1, 0.15) is 26.1 Å². The standard InChI is InChI=1S/C30H40O4.3CH2O.Re/c1-30-16-15-25-24-12-11-23(31)19-22(24)18-21(28(25)26(30)13-14-27(30)32)10-4-2-3-7-17-34-29(33)20-8-5-6-9-20;3*1-2;/h5-6,8,11-12,19,21,25-28,31-32H,2-4,7,9-10,13-18H2,1H3;3*1H2;/t21?,25?,26?,27-,28?,30-;;;;/m0..../s1. The average Bonchev–Trinajstić information content (AvgIpc) is 3.64. The first-order valence-electron chi connectivity index (χ1n) is 14.4. The van der Waals surface area contributed by atoms with Crippen LogP contribution in [0.25, 0.3) is 0 Å². The average molecular weight is 741 g/mol. The molecule has 1 aromatic carbocycles. The minimum atomic E-state index is -0.167. The van der Waals surface area contributed by atoms with Crippen molar-refractivity contribution in [1.29, 1.82) is 0 Å². The van der Waals surface area contributed by atoms with Gasteiger partial charge < -0.3 is 29.3 Å². The van der Waals surface area contributed by atoms with E-state index < -0.39 is 0 Å². The van der Waals surface area contributed by atoms with Crippen LogP contribution >= 0.6 is 0 Å². The van der Waals surface area contributed by atoms with Gasteiger partial charge in [-0.2, -0.15) is 0 Å². The molecule has 0 spiro atoms. The van der Waals surface area contributed by atoms with Crippen LogP contribution in [0.3, 0.4) is 0 Å². The van der Waals surface area contributed by atoms with Crippen molar-refractivity contribution >= 4 is 26.3 Å². The van der Waals surface area contributed by atoms with E-state index in [9.17, 15) is 15.0 Å². The van der Waals surface area contributed by atoms with Crippen molar-refractivity contribution in [3.8, 4) is 5.75 Å². The van der Waals surface area contributed by atoms with Gasteiger partial charge >= 0.3 is 5.97 Å². The molecule has 1 radical (unpaired) electrons. The predicted molar refractivity (Wildman–Crippen MR) is 155 cm³/mol. The number of aliphatic hydroxyl groups excluding tert-OH is 1. The Morgan fingerprint density at radius 1 is 1.02 bits per heavy atom. The van der Waals surface area contributed by atoms with Gasteiger partial charge in [-0.15, -0.1) is 0 Å². The Morgan fingerprint density at radius 2 is 1.73 bits per heavy atom. The molecule has 8 heteroatoms. The quantitative estimate of drug-likeness (QED) is 0.261. The zero-order valence-corrected chi connectivity index (χ0v) is 27.0. The third-order valence-corrected chi connectivity index (χ3v) is 9.57. The van der Waals surface area contributed by atoms with Crippen molar-refractivity contribution in [2.45, 2.75) is 89.6 Å². The number of aliphatic hydroxyl groups is 1. The van der Waals surface area contributed by atoms with E-state index in [1.165, 1.54) is 24.0 Å². The molecule has 0 aliphatic heterocycles. The number of ether oxygens (including phenoxy) is 1. The first-order valence-corrected chi connectivity index (χ1v) is 14.4. The fraction of sp³-hybridized carbons (Fsp3) is 0.576. The molecule has 7 nitrogen and oxygen atoms in total. The molecule has 4 aliphatic rings. The van der Waals surface area contributed by atoms with Gasteiger partial charge in [0.2, 0.25) is 0 Å². The van der Waals surface area contributed by atoms with Crippen LogP contribution in [0.15, 0.2) is 42.0 Å². The van der Waals surface area contributed by atoms with Crippen molar-refractivity contribution in [2.24, 2.45) is 23.2 Å². The van der Waals surface area contributed by atoms with Gasteiger partial charge in [0.05, 0.1) is 12.7 Å². The molecule has 0 aromatic heterocycles. The number of phenols is 1. The molecule has 2 fully saturated rings. The molecule has 227 valence electrons. The second-order valence-corrected chi connectivity index (χ2v) is 11.4. The summed E-state index contributed by atoms with van der Waals surface area (Å²) >= 11 is 0. The number of carbonyl (C=O) groups is 4. The third kappa shape index (κ3) is 8.56. The summed E-state index contributed by atoms with van der Waals surface area (Å²) in [7, 11) is 0. The normalized spacial score (nSPS) is 28.2. The fourth-order valence-corrected chi connectivity index (χ4v) is 7.75. The van der Waals surface area contributed by atoms with Crippen LogP contribution in [-0.4, -0.2) is 49.3 Å². The van der Waals surface area contributed by atoms with Gasteiger partial charge in [-0.1, -0.05) is 50.5 Å². The van der Waals surface area contributed by atoms with Crippen LogP contribution < -0.4 is 0 Å². The molecule has 0 amide bonds. The number of unbranched alkanes of at least 4 members (excludes halogenated alkanes) is 3. The number of carbonyl (C=O) groups excluding carboxylic acids is 4. The Labute approximate surface area is 258 Å². The monoisotopic (exact) mass is 741 g/mol. The molecule has 1 aromatic rings. The number of benzene rings is 1. The molecular weight excluding hydrogens is 695 g/mol. The van der Waals surface area contributed by atoms with E-state index in [0.29, 0.717) is 42.4 Å². The second-order valence-electron chi connectivity index (χ2n) is 11.4. The summed E-state index contributed by atoms with van der Waals surface area (Å²) in [6.07, 6.45) is 17.3. The van der Waals surface area contributed by atoms with Crippen LogP contribution in [0.1, 0.15) is 88.2 Å². The number of hydrogen-bond acceptors (Lipinski definition) is 7. The van der Waals surface area contributed by atoms with E-state index in [1.54, 1.807) is 0 Å². The van der Waals surface area contributed by atoms with E-state index >= 15 is 0 Å². The van der Waals surface area contributed by atoms with Crippen molar-refractivity contribution in [1.82, 2.24) is 0 Å². The summed E-state index contributed by atoms with van der Waals surface area (Å²) in [6, 6.07) is 6.03. The molecular formula is C33H46O7Re. The predicted octanol–water partition coefficient (Wildman–Crippen LogP) is 5.66. The third-order valence-electron chi connectivity index (χ3n) is 9.57. The number of aromatic hydroxyl groups is 1. The molecule has 2 saturated carbocycles. The van der Waals surface area contributed by atoms with Crippen LogP contribution in [0.5, 0.6) is 5.75 Å². The van der Waals surface area contributed by atoms with Crippen molar-refractivity contribution in [3.05, 3.63) is 53.1 Å². The molecule has 2 N–H and O–H groups in total. The van der Waals surface area contributed by atoms with Crippen LogP contribution in [0, 0.1) is 23.2 Å². The van der Waals surface area contributed by atoms with Gasteiger partial charge in [0.25, 0.3) is 0 Å². The van der Waals surface area contributed by atoms with Crippen LogP contribution in [-0.2, 0) is 50.8 Å². The van der Waals surface area contributed by atoms with E-state index in [2.05, 4.69) is 13.0 Å². The number of phenolic OH excluding ortho intramolecular Hbond substituents is 1. The fourth-order valence-electron chi connectivity index (χ4n) is 7.75. The number of rotatable bonds is 8.